The smallest absolute Gasteiger partial charge is 0.239 e. The van der Waals surface area contributed by atoms with Gasteiger partial charge >= 0.3 is 0 Å². The molecule has 1 rings (SSSR count). The summed E-state index contributed by atoms with van der Waals surface area (Å²) < 4.78 is 4.86. The summed E-state index contributed by atoms with van der Waals surface area (Å²) in [6, 6.07) is 7.59. The molecule has 0 saturated heterocycles. The lowest BCUT2D eigenvalue weighted by Gasteiger charge is -2.15. The van der Waals surface area contributed by atoms with Gasteiger partial charge in [-0.2, -0.15) is 0 Å². The number of carbonyl (C=O) groups is 1. The highest BCUT2D eigenvalue weighted by Gasteiger charge is 2.12. The van der Waals surface area contributed by atoms with Gasteiger partial charge in [0.2, 0.25) is 5.91 Å². The molecule has 0 fully saturated rings. The van der Waals surface area contributed by atoms with Crippen molar-refractivity contribution in [3.8, 4) is 0 Å². The molecule has 1 aromatic carbocycles. The van der Waals surface area contributed by atoms with Crippen molar-refractivity contribution in [2.75, 3.05) is 27.3 Å². The van der Waals surface area contributed by atoms with Crippen LogP contribution < -0.4 is 11.1 Å². The highest BCUT2D eigenvalue weighted by molar-refractivity contribution is 5.81. The molecule has 112 valence electrons. The van der Waals surface area contributed by atoms with Crippen LogP contribution in [0.25, 0.3) is 0 Å². The number of hydrogen-bond acceptors (Lipinski definition) is 4. The number of hydrogen-bond donors (Lipinski definition) is 2. The lowest BCUT2D eigenvalue weighted by atomic mass is 10.1. The van der Waals surface area contributed by atoms with E-state index in [-0.39, 0.29) is 12.5 Å². The molecule has 0 spiro atoms. The summed E-state index contributed by atoms with van der Waals surface area (Å²) in [5.41, 5.74) is 7.97. The summed E-state index contributed by atoms with van der Waals surface area (Å²) in [6.45, 7) is 4.75. The minimum Gasteiger partial charge on any atom is -0.383 e. The van der Waals surface area contributed by atoms with Crippen LogP contribution in [-0.2, 0) is 22.6 Å². The van der Waals surface area contributed by atoms with Gasteiger partial charge in [-0.1, -0.05) is 31.2 Å². The normalized spacial score (nSPS) is 12.4. The summed E-state index contributed by atoms with van der Waals surface area (Å²) in [5, 5.41) is 2.82. The van der Waals surface area contributed by atoms with Crippen LogP contribution in [0.2, 0.25) is 0 Å². The predicted octanol–water partition coefficient (Wildman–Crippen LogP) is 0.728. The van der Waals surface area contributed by atoms with Crippen molar-refractivity contribution in [2.24, 2.45) is 5.73 Å². The van der Waals surface area contributed by atoms with E-state index < -0.39 is 6.04 Å². The lowest BCUT2D eigenvalue weighted by Crippen LogP contribution is -2.43. The minimum absolute atomic E-state index is 0.192. The van der Waals surface area contributed by atoms with Crippen LogP contribution >= 0.6 is 0 Å². The van der Waals surface area contributed by atoms with Crippen molar-refractivity contribution in [3.05, 3.63) is 35.4 Å². The molecule has 0 saturated carbocycles. The summed E-state index contributed by atoms with van der Waals surface area (Å²) in [6.07, 6.45) is 0. The first-order chi connectivity index (χ1) is 9.56. The summed E-state index contributed by atoms with van der Waals surface area (Å²) in [7, 11) is 3.61. The van der Waals surface area contributed by atoms with Gasteiger partial charge < -0.3 is 20.7 Å². The molecule has 0 aliphatic carbocycles. The largest absolute Gasteiger partial charge is 0.383 e. The third-order valence-corrected chi connectivity index (χ3v) is 3.13. The van der Waals surface area contributed by atoms with Crippen molar-refractivity contribution in [3.63, 3.8) is 0 Å². The van der Waals surface area contributed by atoms with Crippen LogP contribution in [0.3, 0.4) is 0 Å². The second-order valence-corrected chi connectivity index (χ2v) is 4.93. The zero-order chi connectivity index (χ0) is 15.0. The van der Waals surface area contributed by atoms with Gasteiger partial charge in [-0.25, -0.2) is 0 Å². The average Bonchev–Trinajstić information content (AvgIpc) is 2.45. The van der Waals surface area contributed by atoms with E-state index in [1.165, 1.54) is 12.7 Å². The molecule has 5 nitrogen and oxygen atoms in total. The number of nitrogens with two attached hydrogens (primary N) is 1. The van der Waals surface area contributed by atoms with Crippen molar-refractivity contribution in [1.82, 2.24) is 10.2 Å². The average molecular weight is 279 g/mol. The van der Waals surface area contributed by atoms with Crippen molar-refractivity contribution in [2.45, 2.75) is 26.1 Å². The van der Waals surface area contributed by atoms with E-state index in [0.717, 1.165) is 18.7 Å². The molecule has 0 bridgehead atoms. The molecule has 0 aromatic heterocycles. The Hall–Kier alpha value is -1.43. The van der Waals surface area contributed by atoms with Gasteiger partial charge in [0.1, 0.15) is 6.04 Å². The topological polar surface area (TPSA) is 67.6 Å². The molecule has 1 unspecified atom stereocenters. The molecule has 1 atom stereocenters. The van der Waals surface area contributed by atoms with Gasteiger partial charge in [0.15, 0.2) is 0 Å². The Balaban J connectivity index is 2.52. The van der Waals surface area contributed by atoms with E-state index in [0.29, 0.717) is 6.54 Å². The third kappa shape index (κ3) is 5.69. The molecular weight excluding hydrogens is 254 g/mol. The molecule has 0 heterocycles. The fourth-order valence-corrected chi connectivity index (χ4v) is 1.84. The molecule has 1 aromatic rings. The zero-order valence-corrected chi connectivity index (χ0v) is 12.6. The van der Waals surface area contributed by atoms with E-state index in [9.17, 15) is 4.79 Å². The molecule has 20 heavy (non-hydrogen) atoms. The van der Waals surface area contributed by atoms with Gasteiger partial charge in [-0.3, -0.25) is 4.79 Å². The SMILES string of the molecule is CCN(C)Cc1cccc(CNC(=O)C(N)COC)c1. The number of amides is 1. The van der Waals surface area contributed by atoms with Gasteiger partial charge in [0.05, 0.1) is 6.61 Å². The number of nitrogens with zero attached hydrogens (tertiary/aromatic N) is 1. The molecule has 1 amide bonds. The number of rotatable bonds is 8. The van der Waals surface area contributed by atoms with E-state index >= 15 is 0 Å². The first-order valence-electron chi connectivity index (χ1n) is 6.85. The summed E-state index contributed by atoms with van der Waals surface area (Å²) >= 11 is 0. The Bertz CT molecular complexity index is 423. The Labute approximate surface area is 121 Å². The Kier molecular flexibility index (Phi) is 7.22. The lowest BCUT2D eigenvalue weighted by molar-refractivity contribution is -0.123. The first kappa shape index (κ1) is 16.6. The first-order valence-corrected chi connectivity index (χ1v) is 6.85. The van der Waals surface area contributed by atoms with Gasteiger partial charge in [-0.05, 0) is 24.7 Å². The highest BCUT2D eigenvalue weighted by atomic mass is 16.5. The Morgan fingerprint density at radius 2 is 2.15 bits per heavy atom. The number of benzene rings is 1. The second kappa shape index (κ2) is 8.68. The fraction of sp³-hybridized carbons (Fsp3) is 0.533. The van der Waals surface area contributed by atoms with Crippen molar-refractivity contribution >= 4 is 5.91 Å². The maximum absolute atomic E-state index is 11.7. The summed E-state index contributed by atoms with van der Waals surface area (Å²) in [5.74, 6) is -0.192. The van der Waals surface area contributed by atoms with Crippen LogP contribution in [-0.4, -0.2) is 44.2 Å². The molecule has 0 aliphatic heterocycles. The van der Waals surface area contributed by atoms with Crippen LogP contribution in [0.5, 0.6) is 0 Å². The van der Waals surface area contributed by atoms with Crippen LogP contribution in [0.15, 0.2) is 24.3 Å². The van der Waals surface area contributed by atoms with E-state index in [1.54, 1.807) is 0 Å². The molecular formula is C15H25N3O2. The van der Waals surface area contributed by atoms with Crippen LogP contribution in [0.1, 0.15) is 18.1 Å². The van der Waals surface area contributed by atoms with Crippen LogP contribution in [0, 0.1) is 0 Å². The third-order valence-electron chi connectivity index (χ3n) is 3.13. The van der Waals surface area contributed by atoms with Crippen molar-refractivity contribution < 1.29 is 9.53 Å². The zero-order valence-electron chi connectivity index (χ0n) is 12.6. The van der Waals surface area contributed by atoms with Gasteiger partial charge in [0, 0.05) is 20.2 Å². The number of ether oxygens (including phenoxy) is 1. The molecule has 3 N–H and O–H groups in total. The maximum atomic E-state index is 11.7. The van der Waals surface area contributed by atoms with E-state index in [2.05, 4.69) is 36.3 Å². The van der Waals surface area contributed by atoms with Gasteiger partial charge in [0.25, 0.3) is 0 Å². The van der Waals surface area contributed by atoms with Crippen LogP contribution in [0.4, 0.5) is 0 Å². The fourth-order valence-electron chi connectivity index (χ4n) is 1.84. The molecule has 0 radical (unpaired) electrons. The predicted molar refractivity (Wildman–Crippen MR) is 80.1 cm³/mol. The molecule has 5 heteroatoms. The van der Waals surface area contributed by atoms with Crippen molar-refractivity contribution in [1.29, 1.82) is 0 Å². The number of carbonyl (C=O) groups excluding carboxylic acids is 1. The Morgan fingerprint density at radius 3 is 2.80 bits per heavy atom. The summed E-state index contributed by atoms with van der Waals surface area (Å²) in [4.78, 5) is 13.9. The van der Waals surface area contributed by atoms with Gasteiger partial charge in [-0.15, -0.1) is 0 Å². The monoisotopic (exact) mass is 279 g/mol. The van der Waals surface area contributed by atoms with E-state index in [1.807, 2.05) is 12.1 Å². The quantitative estimate of drug-likeness (QED) is 0.736. The second-order valence-electron chi connectivity index (χ2n) is 4.93. The minimum atomic E-state index is -0.616. The standard InChI is InChI=1S/C15H25N3O2/c1-4-18(2)10-13-7-5-6-12(8-13)9-17-15(19)14(16)11-20-3/h5-8,14H,4,9-11,16H2,1-3H3,(H,17,19). The van der Waals surface area contributed by atoms with E-state index in [4.69, 9.17) is 10.5 Å². The Morgan fingerprint density at radius 1 is 1.45 bits per heavy atom. The maximum Gasteiger partial charge on any atom is 0.239 e. The molecule has 0 aliphatic rings. The number of methoxy groups -OCH3 is 1. The number of nitrogens with one attached hydrogen (secondary N) is 1. The highest BCUT2D eigenvalue weighted by Crippen LogP contribution is 2.07.